The lowest BCUT2D eigenvalue weighted by Crippen LogP contribution is -2.33. The fraction of sp³-hybridized carbons (Fsp3) is 0.700. The van der Waals surface area contributed by atoms with E-state index in [1.54, 1.807) is 4.90 Å². The van der Waals surface area contributed by atoms with Crippen LogP contribution in [0.1, 0.15) is 27.7 Å². The number of esters is 1. The molecule has 0 atom stereocenters. The molecule has 0 bridgehead atoms. The lowest BCUT2D eigenvalue weighted by molar-refractivity contribution is -0.422. The molecule has 0 saturated heterocycles. The third kappa shape index (κ3) is 3.88. The van der Waals surface area contributed by atoms with Crippen molar-refractivity contribution in [1.29, 1.82) is 0 Å². The first-order valence-electron chi connectivity index (χ1n) is 5.03. The maximum atomic E-state index is 11.2. The average molecular weight is 230 g/mol. The fourth-order valence-electron chi connectivity index (χ4n) is 1.31. The van der Waals surface area contributed by atoms with Gasteiger partial charge in [0, 0.05) is 12.1 Å². The molecule has 0 aliphatic heterocycles. The van der Waals surface area contributed by atoms with E-state index in [0.717, 1.165) is 7.11 Å². The van der Waals surface area contributed by atoms with Crippen LogP contribution in [0.2, 0.25) is 0 Å². The molecule has 0 unspecified atom stereocenters. The van der Waals surface area contributed by atoms with Gasteiger partial charge < -0.3 is 9.64 Å². The Hall–Kier alpha value is -1.59. The van der Waals surface area contributed by atoms with Crippen molar-refractivity contribution in [2.45, 2.75) is 39.8 Å². The first-order chi connectivity index (χ1) is 7.31. The lowest BCUT2D eigenvalue weighted by atomic mass is 10.2. The second-order valence-electron chi connectivity index (χ2n) is 3.90. The molecular weight excluding hydrogens is 212 g/mol. The minimum atomic E-state index is -0.934. The standard InChI is InChI=1S/C10H18N2O4/c1-7(2)11(8(3)4)6-9(12(14)15)10(13)16-5/h6-8H,1-5H3. The highest BCUT2D eigenvalue weighted by Crippen LogP contribution is 2.10. The van der Waals surface area contributed by atoms with E-state index in [1.165, 1.54) is 6.20 Å². The summed E-state index contributed by atoms with van der Waals surface area (Å²) in [5.74, 6) is -0.934. The van der Waals surface area contributed by atoms with E-state index in [4.69, 9.17) is 0 Å². The maximum absolute atomic E-state index is 11.2. The van der Waals surface area contributed by atoms with Gasteiger partial charge in [-0.05, 0) is 27.7 Å². The highest BCUT2D eigenvalue weighted by Gasteiger charge is 2.25. The van der Waals surface area contributed by atoms with Gasteiger partial charge in [0.15, 0.2) is 0 Å². The first kappa shape index (κ1) is 14.4. The monoisotopic (exact) mass is 230 g/mol. The average Bonchev–Trinajstić information content (AvgIpc) is 2.15. The van der Waals surface area contributed by atoms with E-state index in [1.807, 2.05) is 27.7 Å². The Kier molecular flexibility index (Phi) is 5.49. The van der Waals surface area contributed by atoms with Crippen molar-refractivity contribution in [1.82, 2.24) is 4.90 Å². The van der Waals surface area contributed by atoms with Gasteiger partial charge in [-0.1, -0.05) is 0 Å². The first-order valence-corrected chi connectivity index (χ1v) is 5.03. The summed E-state index contributed by atoms with van der Waals surface area (Å²) in [7, 11) is 1.12. The highest BCUT2D eigenvalue weighted by atomic mass is 16.6. The van der Waals surface area contributed by atoms with Crippen LogP contribution in [-0.4, -0.2) is 35.0 Å². The summed E-state index contributed by atoms with van der Waals surface area (Å²) in [6.45, 7) is 7.58. The second kappa shape index (κ2) is 6.09. The van der Waals surface area contributed by atoms with Crippen LogP contribution in [0, 0.1) is 10.1 Å². The molecular formula is C10H18N2O4. The summed E-state index contributed by atoms with van der Waals surface area (Å²) in [6, 6.07) is 0.138. The molecule has 92 valence electrons. The third-order valence-corrected chi connectivity index (χ3v) is 2.06. The van der Waals surface area contributed by atoms with E-state index in [2.05, 4.69) is 4.74 Å². The van der Waals surface area contributed by atoms with Crippen LogP contribution in [0.15, 0.2) is 11.9 Å². The molecule has 0 fully saturated rings. The third-order valence-electron chi connectivity index (χ3n) is 2.06. The Morgan fingerprint density at radius 3 is 2.00 bits per heavy atom. The molecule has 0 aliphatic carbocycles. The SMILES string of the molecule is COC(=O)C(=CN(C(C)C)C(C)C)[N+](=O)[O-]. The van der Waals surface area contributed by atoms with Crippen LogP contribution >= 0.6 is 0 Å². The van der Waals surface area contributed by atoms with Gasteiger partial charge in [0.2, 0.25) is 0 Å². The van der Waals surface area contributed by atoms with Crippen LogP contribution in [-0.2, 0) is 9.53 Å². The van der Waals surface area contributed by atoms with Gasteiger partial charge in [0.05, 0.1) is 18.2 Å². The minimum absolute atomic E-state index is 0.0691. The molecule has 0 aromatic carbocycles. The van der Waals surface area contributed by atoms with Crippen molar-refractivity contribution >= 4 is 5.97 Å². The van der Waals surface area contributed by atoms with E-state index < -0.39 is 16.6 Å². The number of ether oxygens (including phenoxy) is 1. The van der Waals surface area contributed by atoms with Gasteiger partial charge in [0.25, 0.3) is 0 Å². The molecule has 0 saturated carbocycles. The Bertz CT molecular complexity index is 289. The number of rotatable bonds is 5. The highest BCUT2D eigenvalue weighted by molar-refractivity contribution is 5.85. The van der Waals surface area contributed by atoms with Crippen LogP contribution in [0.4, 0.5) is 0 Å². The number of hydrogen-bond acceptors (Lipinski definition) is 5. The van der Waals surface area contributed by atoms with E-state index in [9.17, 15) is 14.9 Å². The predicted molar refractivity (Wildman–Crippen MR) is 59.2 cm³/mol. The molecule has 0 rings (SSSR count). The topological polar surface area (TPSA) is 72.7 Å². The fourth-order valence-corrected chi connectivity index (χ4v) is 1.31. The molecule has 6 nitrogen and oxygen atoms in total. The molecule has 0 aliphatic rings. The largest absolute Gasteiger partial charge is 0.461 e. The molecule has 0 aromatic heterocycles. The van der Waals surface area contributed by atoms with Crippen LogP contribution in [0.25, 0.3) is 0 Å². The molecule has 6 heteroatoms. The van der Waals surface area contributed by atoms with Crippen molar-refractivity contribution in [3.05, 3.63) is 22.0 Å². The van der Waals surface area contributed by atoms with Crippen molar-refractivity contribution in [3.63, 3.8) is 0 Å². The van der Waals surface area contributed by atoms with Crippen molar-refractivity contribution < 1.29 is 14.5 Å². The zero-order valence-electron chi connectivity index (χ0n) is 10.3. The van der Waals surface area contributed by atoms with Gasteiger partial charge in [-0.25, -0.2) is 4.79 Å². The van der Waals surface area contributed by atoms with Crippen LogP contribution < -0.4 is 0 Å². The predicted octanol–water partition coefficient (Wildman–Crippen LogP) is 1.40. The maximum Gasteiger partial charge on any atom is 0.411 e. The number of nitrogens with zero attached hydrogens (tertiary/aromatic N) is 2. The number of hydrogen-bond donors (Lipinski definition) is 0. The van der Waals surface area contributed by atoms with Gasteiger partial charge in [-0.2, -0.15) is 0 Å². The number of nitro groups is 1. The molecule has 0 N–H and O–H groups in total. The van der Waals surface area contributed by atoms with E-state index in [0.29, 0.717) is 0 Å². The zero-order valence-corrected chi connectivity index (χ0v) is 10.3. The molecule has 0 aromatic rings. The summed E-state index contributed by atoms with van der Waals surface area (Å²) in [5.41, 5.74) is -0.551. The number of carbonyl (C=O) groups is 1. The van der Waals surface area contributed by atoms with Crippen molar-refractivity contribution in [2.75, 3.05) is 7.11 Å². The van der Waals surface area contributed by atoms with Crippen LogP contribution in [0.5, 0.6) is 0 Å². The smallest absolute Gasteiger partial charge is 0.411 e. The van der Waals surface area contributed by atoms with Crippen LogP contribution in [0.3, 0.4) is 0 Å². The Labute approximate surface area is 95.0 Å². The Morgan fingerprint density at radius 2 is 1.75 bits per heavy atom. The Morgan fingerprint density at radius 1 is 1.31 bits per heavy atom. The van der Waals surface area contributed by atoms with Gasteiger partial charge in [0.1, 0.15) is 0 Å². The van der Waals surface area contributed by atoms with E-state index in [-0.39, 0.29) is 12.1 Å². The minimum Gasteiger partial charge on any atom is -0.461 e. The molecule has 0 radical (unpaired) electrons. The summed E-state index contributed by atoms with van der Waals surface area (Å²) >= 11 is 0. The van der Waals surface area contributed by atoms with Gasteiger partial charge in [-0.3, -0.25) is 10.1 Å². The number of carbonyl (C=O) groups excluding carboxylic acids is 1. The second-order valence-corrected chi connectivity index (χ2v) is 3.90. The summed E-state index contributed by atoms with van der Waals surface area (Å²) in [4.78, 5) is 22.9. The molecule has 16 heavy (non-hydrogen) atoms. The Balaban J connectivity index is 5.16. The van der Waals surface area contributed by atoms with Gasteiger partial charge in [-0.15, -0.1) is 0 Å². The van der Waals surface area contributed by atoms with Crippen molar-refractivity contribution in [3.8, 4) is 0 Å². The van der Waals surface area contributed by atoms with Crippen molar-refractivity contribution in [2.24, 2.45) is 0 Å². The zero-order chi connectivity index (χ0) is 12.9. The molecule has 0 heterocycles. The normalized spacial score (nSPS) is 11.8. The summed E-state index contributed by atoms with van der Waals surface area (Å²) in [5, 5.41) is 10.7. The van der Waals surface area contributed by atoms with Gasteiger partial charge >= 0.3 is 11.7 Å². The molecule has 0 amide bonds. The van der Waals surface area contributed by atoms with E-state index >= 15 is 0 Å². The molecule has 0 spiro atoms. The summed E-state index contributed by atoms with van der Waals surface area (Å²) < 4.78 is 4.36. The summed E-state index contributed by atoms with van der Waals surface area (Å²) in [6.07, 6.45) is 1.24. The lowest BCUT2D eigenvalue weighted by Gasteiger charge is -2.28. The quantitative estimate of drug-likeness (QED) is 0.309. The number of methoxy groups -OCH3 is 1.